The second-order valence-corrected chi connectivity index (χ2v) is 16.4. The SMILES string of the molecule is CC(=O)NCC(=O)N[C@@H](C)C(=O)N[C@@H](C)C(=O)N[C@@H](CCN(C(=O)CO)[C@@H](c1cc(-c2cc(F)ccc2F)cn1Cc1ccccc1)C(C)(C)C)C(=O)NCCCNC(=O)CBr. The van der Waals surface area contributed by atoms with E-state index in [1.54, 1.807) is 12.3 Å². The number of amides is 7. The van der Waals surface area contributed by atoms with Crippen LogP contribution >= 0.6 is 15.9 Å². The standard InChI is InChI=1S/C43H57BrF2N8O8/c1-26(50-37(58)22-49-28(3)56)40(60)51-27(2)41(61)52-34(42(62)48-17-10-16-47-36(57)21-44)15-18-54(38(59)25-55)39(43(4,5)6)35-19-30(32-20-31(45)13-14-33(32)46)24-53(35)23-29-11-8-7-9-12-29/h7-9,11-14,19-20,24,26-27,34,39,55H,10,15-18,21-23,25H2,1-6H3,(H,47,57)(H,48,62)(H,49,56)(H,50,58)(H,51,60)(H,52,61)/t26-,27-,34-,39-/m0/s1. The molecule has 4 atom stereocenters. The summed E-state index contributed by atoms with van der Waals surface area (Å²) in [5.41, 5.74) is 0.959. The summed E-state index contributed by atoms with van der Waals surface area (Å²) in [4.78, 5) is 90.4. The Kier molecular flexibility index (Phi) is 19.7. The zero-order valence-corrected chi connectivity index (χ0v) is 37.4. The van der Waals surface area contributed by atoms with Crippen LogP contribution in [0.5, 0.6) is 0 Å². The molecule has 3 aromatic rings. The lowest BCUT2D eigenvalue weighted by molar-refractivity contribution is -0.140. The summed E-state index contributed by atoms with van der Waals surface area (Å²) < 4.78 is 31.5. The summed E-state index contributed by atoms with van der Waals surface area (Å²) in [5.74, 6) is -5.47. The van der Waals surface area contributed by atoms with E-state index in [0.29, 0.717) is 17.7 Å². The second kappa shape index (κ2) is 24.1. The maximum absolute atomic E-state index is 15.2. The molecule has 2 aromatic carbocycles. The number of aliphatic hydroxyl groups is 1. The third-order valence-corrected chi connectivity index (χ3v) is 10.2. The van der Waals surface area contributed by atoms with Crippen molar-refractivity contribution < 1.29 is 47.4 Å². The highest BCUT2D eigenvalue weighted by Crippen LogP contribution is 2.41. The Morgan fingerprint density at radius 1 is 0.823 bits per heavy atom. The molecule has 7 amide bonds. The van der Waals surface area contributed by atoms with Gasteiger partial charge in [-0.25, -0.2) is 8.78 Å². The van der Waals surface area contributed by atoms with Gasteiger partial charge in [-0.15, -0.1) is 0 Å². The number of hydrogen-bond donors (Lipinski definition) is 7. The number of benzene rings is 2. The summed E-state index contributed by atoms with van der Waals surface area (Å²) in [6.45, 7) is 8.75. The highest BCUT2D eigenvalue weighted by atomic mass is 79.9. The highest BCUT2D eigenvalue weighted by molar-refractivity contribution is 9.09. The molecule has 0 aliphatic carbocycles. The summed E-state index contributed by atoms with van der Waals surface area (Å²) in [5, 5.41) is 25.7. The quantitative estimate of drug-likeness (QED) is 0.0585. The summed E-state index contributed by atoms with van der Waals surface area (Å²) in [7, 11) is 0. The molecule has 0 aliphatic rings. The van der Waals surface area contributed by atoms with Gasteiger partial charge in [0.15, 0.2) is 0 Å². The molecule has 1 heterocycles. The number of carbonyl (C=O) groups is 7. The number of aliphatic hydroxyl groups excluding tert-OH is 1. The van der Waals surface area contributed by atoms with Crippen molar-refractivity contribution in [2.45, 2.75) is 85.1 Å². The van der Waals surface area contributed by atoms with Gasteiger partial charge < -0.3 is 46.5 Å². The molecule has 0 unspecified atom stereocenters. The van der Waals surface area contributed by atoms with E-state index in [-0.39, 0.29) is 55.9 Å². The first kappa shape index (κ1) is 50.7. The molecule has 0 saturated carbocycles. The Bertz CT molecular complexity index is 2040. The summed E-state index contributed by atoms with van der Waals surface area (Å²) in [6.07, 6.45) is 1.83. The van der Waals surface area contributed by atoms with Gasteiger partial charge in [-0.05, 0) is 61.9 Å². The number of carbonyl (C=O) groups excluding carboxylic acids is 7. The van der Waals surface area contributed by atoms with E-state index in [1.807, 2.05) is 55.7 Å². The molecule has 7 N–H and O–H groups in total. The molecule has 62 heavy (non-hydrogen) atoms. The van der Waals surface area contributed by atoms with Crippen molar-refractivity contribution in [2.75, 3.05) is 38.1 Å². The Morgan fingerprint density at radius 2 is 1.47 bits per heavy atom. The molecule has 0 fully saturated rings. The molecule has 0 saturated heterocycles. The lowest BCUT2D eigenvalue weighted by Crippen LogP contribution is -2.56. The fourth-order valence-electron chi connectivity index (χ4n) is 6.60. The largest absolute Gasteiger partial charge is 0.387 e. The lowest BCUT2D eigenvalue weighted by atomic mass is 9.82. The first-order chi connectivity index (χ1) is 29.2. The van der Waals surface area contributed by atoms with Gasteiger partial charge in [-0.1, -0.05) is 67.0 Å². The van der Waals surface area contributed by atoms with E-state index < -0.39 is 83.3 Å². The Hall–Kier alpha value is -5.69. The molecule has 3 rings (SSSR count). The van der Waals surface area contributed by atoms with Gasteiger partial charge in [-0.2, -0.15) is 0 Å². The maximum Gasteiger partial charge on any atom is 0.248 e. The number of alkyl halides is 1. The fraction of sp³-hybridized carbons (Fsp3) is 0.465. The molecule has 0 radical (unpaired) electrons. The number of halogens is 3. The molecule has 16 nitrogen and oxygen atoms in total. The van der Waals surface area contributed by atoms with E-state index in [1.165, 1.54) is 25.7 Å². The molecule has 0 bridgehead atoms. The minimum Gasteiger partial charge on any atom is -0.387 e. The van der Waals surface area contributed by atoms with Crippen LogP contribution in [0.25, 0.3) is 11.1 Å². The summed E-state index contributed by atoms with van der Waals surface area (Å²) >= 11 is 3.07. The number of rotatable bonds is 22. The number of nitrogens with one attached hydrogen (secondary N) is 6. The zero-order valence-electron chi connectivity index (χ0n) is 35.8. The predicted molar refractivity (Wildman–Crippen MR) is 231 cm³/mol. The average Bonchev–Trinajstić information content (AvgIpc) is 3.62. The van der Waals surface area contributed by atoms with E-state index in [2.05, 4.69) is 47.8 Å². The van der Waals surface area contributed by atoms with Crippen LogP contribution in [0.4, 0.5) is 8.78 Å². The minimum atomic E-state index is -1.29. The normalized spacial score (nSPS) is 13.1. The van der Waals surface area contributed by atoms with E-state index >= 15 is 4.39 Å². The average molecular weight is 932 g/mol. The summed E-state index contributed by atoms with van der Waals surface area (Å²) in [6, 6.07) is 9.71. The van der Waals surface area contributed by atoms with Gasteiger partial charge >= 0.3 is 0 Å². The minimum absolute atomic E-state index is 0.0000567. The van der Waals surface area contributed by atoms with Crippen LogP contribution in [0.3, 0.4) is 0 Å². The zero-order chi connectivity index (χ0) is 46.1. The van der Waals surface area contributed by atoms with Gasteiger partial charge in [0, 0.05) is 56.1 Å². The van der Waals surface area contributed by atoms with Crippen molar-refractivity contribution in [1.29, 1.82) is 0 Å². The molecule has 338 valence electrons. The highest BCUT2D eigenvalue weighted by Gasteiger charge is 2.38. The Balaban J connectivity index is 1.98. The van der Waals surface area contributed by atoms with Crippen molar-refractivity contribution >= 4 is 57.3 Å². The Labute approximate surface area is 368 Å². The lowest BCUT2D eigenvalue weighted by Gasteiger charge is -2.41. The van der Waals surface area contributed by atoms with Crippen molar-refractivity contribution in [3.63, 3.8) is 0 Å². The van der Waals surface area contributed by atoms with Crippen LogP contribution in [0.15, 0.2) is 60.8 Å². The first-order valence-electron chi connectivity index (χ1n) is 20.1. The van der Waals surface area contributed by atoms with Gasteiger partial charge in [0.05, 0.1) is 17.9 Å². The van der Waals surface area contributed by atoms with Crippen molar-refractivity contribution in [2.24, 2.45) is 5.41 Å². The molecular weight excluding hydrogens is 874 g/mol. The van der Waals surface area contributed by atoms with Crippen molar-refractivity contribution in [3.8, 4) is 11.1 Å². The fourth-order valence-corrected chi connectivity index (χ4v) is 6.80. The van der Waals surface area contributed by atoms with Gasteiger partial charge in [-0.3, -0.25) is 33.6 Å². The molecular formula is C43H57BrF2N8O8. The van der Waals surface area contributed by atoms with Crippen LogP contribution < -0.4 is 31.9 Å². The van der Waals surface area contributed by atoms with Gasteiger partial charge in [0.2, 0.25) is 41.4 Å². The van der Waals surface area contributed by atoms with Gasteiger partial charge in [0.25, 0.3) is 0 Å². The predicted octanol–water partition coefficient (Wildman–Crippen LogP) is 2.43. The third-order valence-electron chi connectivity index (χ3n) is 9.64. The van der Waals surface area contributed by atoms with Crippen LogP contribution in [0.2, 0.25) is 0 Å². The molecule has 19 heteroatoms. The van der Waals surface area contributed by atoms with Crippen molar-refractivity contribution in [3.05, 3.63) is 83.7 Å². The second-order valence-electron chi connectivity index (χ2n) is 15.8. The number of hydrogen-bond acceptors (Lipinski definition) is 8. The van der Waals surface area contributed by atoms with E-state index in [9.17, 15) is 43.1 Å². The van der Waals surface area contributed by atoms with Crippen LogP contribution in [0, 0.1) is 17.0 Å². The maximum atomic E-state index is 15.2. The van der Waals surface area contributed by atoms with E-state index in [0.717, 1.165) is 23.8 Å². The first-order valence-corrected chi connectivity index (χ1v) is 21.2. The van der Waals surface area contributed by atoms with Gasteiger partial charge in [0.1, 0.15) is 36.4 Å². The van der Waals surface area contributed by atoms with E-state index in [4.69, 9.17) is 0 Å². The van der Waals surface area contributed by atoms with Crippen molar-refractivity contribution in [1.82, 2.24) is 41.4 Å². The molecule has 1 aromatic heterocycles. The van der Waals surface area contributed by atoms with Crippen LogP contribution in [-0.2, 0) is 40.1 Å². The number of aromatic nitrogens is 1. The topological polar surface area (TPSA) is 220 Å². The monoisotopic (exact) mass is 930 g/mol. The molecule has 0 aliphatic heterocycles. The van der Waals surface area contributed by atoms with Crippen LogP contribution in [0.1, 0.15) is 71.7 Å². The Morgan fingerprint density at radius 3 is 2.10 bits per heavy atom. The molecule has 0 spiro atoms. The number of nitrogens with zero attached hydrogens (tertiary/aromatic N) is 2. The van der Waals surface area contributed by atoms with Crippen LogP contribution in [-0.4, -0.2) is 112 Å². The smallest absolute Gasteiger partial charge is 0.248 e. The third kappa shape index (κ3) is 15.6.